The van der Waals surface area contributed by atoms with E-state index in [1.54, 1.807) is 0 Å². The minimum Gasteiger partial charge on any atom is -0.396 e. The number of hydrogen-bond acceptors (Lipinski definition) is 2. The molecule has 0 bridgehead atoms. The lowest BCUT2D eigenvalue weighted by Crippen LogP contribution is -2.02. The highest BCUT2D eigenvalue weighted by molar-refractivity contribution is 5.86. The van der Waals surface area contributed by atoms with Crippen LogP contribution in [0.1, 0.15) is 23.2 Å². The normalized spacial score (nSPS) is 10.7. The molecule has 0 aliphatic carbocycles. The third kappa shape index (κ3) is 1.92. The first kappa shape index (κ1) is 11.7. The smallest absolute Gasteiger partial charge is 0.121 e. The van der Waals surface area contributed by atoms with Gasteiger partial charge >= 0.3 is 0 Å². The van der Waals surface area contributed by atoms with Gasteiger partial charge in [-0.15, -0.1) is 0 Å². The van der Waals surface area contributed by atoms with Gasteiger partial charge in [0.25, 0.3) is 0 Å². The van der Waals surface area contributed by atoms with Crippen molar-refractivity contribution < 1.29 is 5.11 Å². The first-order valence-corrected chi connectivity index (χ1v) is 5.79. The van der Waals surface area contributed by atoms with Crippen LogP contribution >= 0.6 is 0 Å². The molecule has 0 aliphatic heterocycles. The van der Waals surface area contributed by atoms with Crippen LogP contribution in [0.15, 0.2) is 18.2 Å². The van der Waals surface area contributed by atoms with Gasteiger partial charge in [0.2, 0.25) is 0 Å². The molecular weight excluding hydrogens is 212 g/mol. The van der Waals surface area contributed by atoms with Crippen LogP contribution in [0.25, 0.3) is 10.9 Å². The van der Waals surface area contributed by atoms with E-state index < -0.39 is 0 Å². The van der Waals surface area contributed by atoms with E-state index in [2.05, 4.69) is 32.0 Å². The van der Waals surface area contributed by atoms with E-state index in [1.807, 2.05) is 10.6 Å². The van der Waals surface area contributed by atoms with Crippen LogP contribution < -0.4 is 0 Å². The van der Waals surface area contributed by atoms with Crippen LogP contribution in [0.3, 0.4) is 0 Å². The van der Waals surface area contributed by atoms with Crippen molar-refractivity contribution in [3.05, 3.63) is 35.0 Å². The predicted molar refractivity (Wildman–Crippen MR) is 67.8 cm³/mol. The molecule has 0 spiro atoms. The van der Waals surface area contributed by atoms with Crippen LogP contribution in [-0.2, 0) is 6.54 Å². The highest BCUT2D eigenvalue weighted by Gasteiger charge is 2.10. The number of aryl methyl sites for hydroxylation is 3. The fourth-order valence-corrected chi connectivity index (χ4v) is 2.15. The second-order valence-corrected chi connectivity index (χ2v) is 4.31. The van der Waals surface area contributed by atoms with Gasteiger partial charge < -0.3 is 9.67 Å². The van der Waals surface area contributed by atoms with Gasteiger partial charge in [-0.2, -0.15) is 5.26 Å². The fraction of sp³-hybridized carbons (Fsp3) is 0.357. The van der Waals surface area contributed by atoms with Gasteiger partial charge in [0, 0.05) is 24.1 Å². The highest BCUT2D eigenvalue weighted by atomic mass is 16.3. The molecular formula is C14H16N2O. The summed E-state index contributed by atoms with van der Waals surface area (Å²) in [4.78, 5) is 0. The van der Waals surface area contributed by atoms with Gasteiger partial charge in [-0.25, -0.2) is 0 Å². The molecule has 0 saturated carbocycles. The van der Waals surface area contributed by atoms with Gasteiger partial charge in [-0.1, -0.05) is 6.07 Å². The molecule has 3 heteroatoms. The summed E-state index contributed by atoms with van der Waals surface area (Å²) in [6.07, 6.45) is 0.672. The lowest BCUT2D eigenvalue weighted by atomic mass is 10.1. The average Bonchev–Trinajstić information content (AvgIpc) is 2.70. The lowest BCUT2D eigenvalue weighted by molar-refractivity contribution is 0.280. The van der Waals surface area contributed by atoms with Crippen molar-refractivity contribution in [2.75, 3.05) is 6.61 Å². The van der Waals surface area contributed by atoms with Crippen molar-refractivity contribution in [1.82, 2.24) is 4.57 Å². The first-order valence-electron chi connectivity index (χ1n) is 5.79. The average molecular weight is 228 g/mol. The Bertz CT molecular complexity index is 590. The van der Waals surface area contributed by atoms with Gasteiger partial charge in [0.1, 0.15) is 11.8 Å². The highest BCUT2D eigenvalue weighted by Crippen LogP contribution is 2.25. The van der Waals surface area contributed by atoms with Crippen molar-refractivity contribution in [2.24, 2.45) is 0 Å². The number of nitriles is 1. The zero-order chi connectivity index (χ0) is 12.4. The summed E-state index contributed by atoms with van der Waals surface area (Å²) in [5, 5.41) is 19.2. The molecule has 2 aromatic rings. The Morgan fingerprint density at radius 3 is 2.76 bits per heavy atom. The molecule has 0 unspecified atom stereocenters. The van der Waals surface area contributed by atoms with E-state index in [-0.39, 0.29) is 6.61 Å². The quantitative estimate of drug-likeness (QED) is 0.877. The number of aromatic nitrogens is 1. The Labute approximate surface area is 101 Å². The SMILES string of the molecule is Cc1ccc2c(cc(C#N)n2CCCO)c1C. The lowest BCUT2D eigenvalue weighted by Gasteiger charge is -2.07. The van der Waals surface area contributed by atoms with E-state index in [9.17, 15) is 0 Å². The summed E-state index contributed by atoms with van der Waals surface area (Å²) in [5.41, 5.74) is 4.21. The summed E-state index contributed by atoms with van der Waals surface area (Å²) < 4.78 is 1.98. The van der Waals surface area contributed by atoms with E-state index in [4.69, 9.17) is 10.4 Å². The maximum atomic E-state index is 9.15. The van der Waals surface area contributed by atoms with Crippen molar-refractivity contribution >= 4 is 10.9 Å². The standard InChI is InChI=1S/C14H16N2O/c1-10-4-5-14-13(11(10)2)8-12(9-15)16(14)6-3-7-17/h4-5,8,17H,3,6-7H2,1-2H3. The second-order valence-electron chi connectivity index (χ2n) is 4.31. The molecule has 1 aromatic carbocycles. The van der Waals surface area contributed by atoms with Crippen LogP contribution in [0, 0.1) is 25.2 Å². The number of aliphatic hydroxyl groups excluding tert-OH is 1. The zero-order valence-corrected chi connectivity index (χ0v) is 10.2. The van der Waals surface area contributed by atoms with Gasteiger partial charge in [-0.3, -0.25) is 0 Å². The van der Waals surface area contributed by atoms with Gasteiger partial charge in [0.15, 0.2) is 0 Å². The molecule has 1 N–H and O–H groups in total. The second kappa shape index (κ2) is 4.60. The Morgan fingerprint density at radius 2 is 2.12 bits per heavy atom. The molecule has 3 nitrogen and oxygen atoms in total. The summed E-state index contributed by atoms with van der Waals surface area (Å²) >= 11 is 0. The molecule has 0 atom stereocenters. The van der Waals surface area contributed by atoms with Crippen molar-refractivity contribution in [1.29, 1.82) is 5.26 Å². The number of benzene rings is 1. The molecule has 17 heavy (non-hydrogen) atoms. The molecule has 88 valence electrons. The van der Waals surface area contributed by atoms with Crippen molar-refractivity contribution in [2.45, 2.75) is 26.8 Å². The molecule has 1 heterocycles. The largest absolute Gasteiger partial charge is 0.396 e. The molecule has 2 rings (SSSR count). The number of rotatable bonds is 3. The van der Waals surface area contributed by atoms with E-state index in [0.717, 1.165) is 10.9 Å². The van der Waals surface area contributed by atoms with E-state index in [1.165, 1.54) is 11.1 Å². The Kier molecular flexibility index (Phi) is 3.16. The third-order valence-corrected chi connectivity index (χ3v) is 3.28. The maximum Gasteiger partial charge on any atom is 0.121 e. The van der Waals surface area contributed by atoms with Crippen molar-refractivity contribution in [3.8, 4) is 6.07 Å². The van der Waals surface area contributed by atoms with E-state index >= 15 is 0 Å². The number of aliphatic hydroxyl groups is 1. The number of hydrogen-bond donors (Lipinski definition) is 1. The molecule has 0 aliphatic rings. The first-order chi connectivity index (χ1) is 8.19. The van der Waals surface area contributed by atoms with E-state index in [0.29, 0.717) is 18.7 Å². The summed E-state index contributed by atoms with van der Waals surface area (Å²) in [6, 6.07) is 8.29. The zero-order valence-electron chi connectivity index (χ0n) is 10.2. The molecule has 0 saturated heterocycles. The van der Waals surface area contributed by atoms with Crippen LogP contribution in [0.4, 0.5) is 0 Å². The van der Waals surface area contributed by atoms with Gasteiger partial charge in [0.05, 0.1) is 0 Å². The molecule has 0 fully saturated rings. The third-order valence-electron chi connectivity index (χ3n) is 3.28. The summed E-state index contributed by atoms with van der Waals surface area (Å²) in [7, 11) is 0. The van der Waals surface area contributed by atoms with Gasteiger partial charge in [-0.05, 0) is 43.5 Å². The van der Waals surface area contributed by atoms with Crippen LogP contribution in [0.2, 0.25) is 0 Å². The minimum atomic E-state index is 0.148. The fourth-order valence-electron chi connectivity index (χ4n) is 2.15. The maximum absolute atomic E-state index is 9.15. The monoisotopic (exact) mass is 228 g/mol. The molecule has 0 amide bonds. The Hall–Kier alpha value is -1.79. The topological polar surface area (TPSA) is 49.0 Å². The number of fused-ring (bicyclic) bond motifs is 1. The number of nitrogens with zero attached hydrogens (tertiary/aromatic N) is 2. The Morgan fingerprint density at radius 1 is 1.35 bits per heavy atom. The van der Waals surface area contributed by atoms with Crippen LogP contribution in [0.5, 0.6) is 0 Å². The molecule has 1 aromatic heterocycles. The summed E-state index contributed by atoms with van der Waals surface area (Å²) in [5.74, 6) is 0. The minimum absolute atomic E-state index is 0.148. The Balaban J connectivity index is 2.65. The van der Waals surface area contributed by atoms with Crippen LogP contribution in [-0.4, -0.2) is 16.3 Å². The predicted octanol–water partition coefficient (Wildman–Crippen LogP) is 2.51. The molecule has 0 radical (unpaired) electrons. The summed E-state index contributed by atoms with van der Waals surface area (Å²) in [6.45, 7) is 4.99. The van der Waals surface area contributed by atoms with Crippen molar-refractivity contribution in [3.63, 3.8) is 0 Å².